The second-order valence-corrected chi connectivity index (χ2v) is 7.80. The summed E-state index contributed by atoms with van der Waals surface area (Å²) in [5.74, 6) is 0.240. The molecular formula is C14H15BrN4O2S2. The molecule has 0 spiro atoms. The molecule has 1 aliphatic heterocycles. The first-order valence-electron chi connectivity index (χ1n) is 7.06. The van der Waals surface area contributed by atoms with E-state index in [4.69, 9.17) is 4.74 Å². The van der Waals surface area contributed by atoms with Crippen molar-refractivity contribution in [3.8, 4) is 0 Å². The number of carbonyl (C=O) groups excluding carboxylic acids is 1. The molecule has 23 heavy (non-hydrogen) atoms. The van der Waals surface area contributed by atoms with Crippen LogP contribution in [-0.2, 0) is 9.53 Å². The third kappa shape index (κ3) is 4.66. The van der Waals surface area contributed by atoms with E-state index in [2.05, 4.69) is 36.3 Å². The molecule has 2 aromatic rings. The first kappa shape index (κ1) is 16.7. The van der Waals surface area contributed by atoms with Gasteiger partial charge < -0.3 is 15.0 Å². The van der Waals surface area contributed by atoms with Gasteiger partial charge in [0.05, 0.1) is 24.7 Å². The van der Waals surface area contributed by atoms with Gasteiger partial charge in [-0.05, 0) is 28.1 Å². The number of hydrogen-bond donors (Lipinski definition) is 1. The van der Waals surface area contributed by atoms with Crippen LogP contribution in [0.5, 0.6) is 0 Å². The van der Waals surface area contributed by atoms with Crippen LogP contribution in [0.15, 0.2) is 33.1 Å². The molecule has 0 bridgehead atoms. The number of rotatable bonds is 5. The minimum absolute atomic E-state index is 0.0648. The molecule has 1 fully saturated rings. The minimum Gasteiger partial charge on any atom is -0.378 e. The molecule has 1 aliphatic rings. The van der Waals surface area contributed by atoms with Crippen molar-refractivity contribution in [1.29, 1.82) is 0 Å². The topological polar surface area (TPSA) is 67.4 Å². The zero-order chi connectivity index (χ0) is 16.1. The van der Waals surface area contributed by atoms with Gasteiger partial charge in [0.2, 0.25) is 11.0 Å². The maximum absolute atomic E-state index is 12.0. The quantitative estimate of drug-likeness (QED) is 0.758. The van der Waals surface area contributed by atoms with E-state index in [0.29, 0.717) is 5.75 Å². The number of anilines is 2. The molecule has 1 aromatic carbocycles. The number of amides is 1. The number of aromatic nitrogens is 2. The summed E-state index contributed by atoms with van der Waals surface area (Å²) in [5, 5.41) is 12.1. The number of halogens is 1. The van der Waals surface area contributed by atoms with Gasteiger partial charge in [-0.3, -0.25) is 4.79 Å². The Morgan fingerprint density at radius 3 is 2.91 bits per heavy atom. The van der Waals surface area contributed by atoms with Crippen molar-refractivity contribution in [1.82, 2.24) is 10.2 Å². The number of benzene rings is 1. The van der Waals surface area contributed by atoms with Crippen LogP contribution in [0.25, 0.3) is 0 Å². The van der Waals surface area contributed by atoms with Gasteiger partial charge in [0.1, 0.15) is 0 Å². The van der Waals surface area contributed by atoms with Gasteiger partial charge in [0.15, 0.2) is 4.34 Å². The van der Waals surface area contributed by atoms with Gasteiger partial charge in [0, 0.05) is 17.6 Å². The van der Waals surface area contributed by atoms with Crippen LogP contribution in [0.1, 0.15) is 0 Å². The number of ether oxygens (including phenoxy) is 1. The molecule has 1 N–H and O–H groups in total. The third-order valence-corrected chi connectivity index (χ3v) is 5.96. The largest absolute Gasteiger partial charge is 0.378 e. The Hall–Kier alpha value is -1.16. The molecule has 1 saturated heterocycles. The standard InChI is InChI=1S/C14H15BrN4O2S2/c15-10-3-1-2-4-11(10)16-12(20)9-22-14-18-17-13(23-14)19-5-7-21-8-6-19/h1-4H,5-9H2,(H,16,20). The SMILES string of the molecule is O=C(CSc1nnc(N2CCOCC2)s1)Nc1ccccc1Br. The van der Waals surface area contributed by atoms with E-state index in [1.807, 2.05) is 24.3 Å². The van der Waals surface area contributed by atoms with E-state index in [1.165, 1.54) is 23.1 Å². The summed E-state index contributed by atoms with van der Waals surface area (Å²) in [7, 11) is 0. The highest BCUT2D eigenvalue weighted by atomic mass is 79.9. The lowest BCUT2D eigenvalue weighted by atomic mass is 10.3. The van der Waals surface area contributed by atoms with Gasteiger partial charge in [-0.15, -0.1) is 10.2 Å². The lowest BCUT2D eigenvalue weighted by Crippen LogP contribution is -2.36. The number of hydrogen-bond acceptors (Lipinski definition) is 7. The van der Waals surface area contributed by atoms with E-state index >= 15 is 0 Å². The molecule has 0 aliphatic carbocycles. The molecule has 1 aromatic heterocycles. The molecule has 0 atom stereocenters. The molecule has 9 heteroatoms. The number of nitrogens with one attached hydrogen (secondary N) is 1. The smallest absolute Gasteiger partial charge is 0.234 e. The molecule has 0 unspecified atom stereocenters. The number of morpholine rings is 1. The van der Waals surface area contributed by atoms with Crippen LogP contribution in [0.2, 0.25) is 0 Å². The van der Waals surface area contributed by atoms with Crippen molar-refractivity contribution in [2.45, 2.75) is 4.34 Å². The molecule has 1 amide bonds. The molecule has 0 radical (unpaired) electrons. The van der Waals surface area contributed by atoms with E-state index < -0.39 is 0 Å². The number of carbonyl (C=O) groups is 1. The van der Waals surface area contributed by atoms with Gasteiger partial charge in [-0.2, -0.15) is 0 Å². The molecule has 122 valence electrons. The molecule has 6 nitrogen and oxygen atoms in total. The van der Waals surface area contributed by atoms with Crippen LogP contribution in [0.4, 0.5) is 10.8 Å². The summed E-state index contributed by atoms with van der Waals surface area (Å²) in [5.41, 5.74) is 0.768. The van der Waals surface area contributed by atoms with Gasteiger partial charge in [-0.25, -0.2) is 0 Å². The number of thioether (sulfide) groups is 1. The fourth-order valence-electron chi connectivity index (χ4n) is 2.02. The normalized spacial score (nSPS) is 14.7. The van der Waals surface area contributed by atoms with Crippen molar-refractivity contribution in [3.63, 3.8) is 0 Å². The molecule has 2 heterocycles. The lowest BCUT2D eigenvalue weighted by molar-refractivity contribution is -0.113. The summed E-state index contributed by atoms with van der Waals surface area (Å²) < 4.78 is 6.99. The highest BCUT2D eigenvalue weighted by molar-refractivity contribution is 9.10. The Labute approximate surface area is 150 Å². The fraction of sp³-hybridized carbons (Fsp3) is 0.357. The predicted octanol–water partition coefficient (Wildman–Crippen LogP) is 2.87. The first-order valence-corrected chi connectivity index (χ1v) is 9.65. The number of para-hydroxylation sites is 1. The van der Waals surface area contributed by atoms with Gasteiger partial charge in [-0.1, -0.05) is 35.2 Å². The Morgan fingerprint density at radius 2 is 2.13 bits per heavy atom. The Kier molecular flexibility index (Phi) is 5.87. The summed E-state index contributed by atoms with van der Waals surface area (Å²) >= 11 is 6.32. The van der Waals surface area contributed by atoms with Crippen LogP contribution in [0, 0.1) is 0 Å². The summed E-state index contributed by atoms with van der Waals surface area (Å²) in [4.78, 5) is 14.2. The van der Waals surface area contributed by atoms with Crippen LogP contribution < -0.4 is 10.2 Å². The van der Waals surface area contributed by atoms with E-state index in [-0.39, 0.29) is 5.91 Å². The Balaban J connectivity index is 1.51. The van der Waals surface area contributed by atoms with Crippen molar-refractivity contribution in [3.05, 3.63) is 28.7 Å². The summed E-state index contributed by atoms with van der Waals surface area (Å²) in [6.45, 7) is 3.11. The van der Waals surface area contributed by atoms with E-state index in [1.54, 1.807) is 0 Å². The van der Waals surface area contributed by atoms with E-state index in [9.17, 15) is 4.79 Å². The third-order valence-electron chi connectivity index (χ3n) is 3.15. The Morgan fingerprint density at radius 1 is 1.35 bits per heavy atom. The lowest BCUT2D eigenvalue weighted by Gasteiger charge is -2.25. The average molecular weight is 415 g/mol. The van der Waals surface area contributed by atoms with Crippen LogP contribution >= 0.6 is 39.0 Å². The maximum Gasteiger partial charge on any atom is 0.234 e. The van der Waals surface area contributed by atoms with Crippen molar-refractivity contribution in [2.24, 2.45) is 0 Å². The maximum atomic E-state index is 12.0. The van der Waals surface area contributed by atoms with Crippen LogP contribution in [0.3, 0.4) is 0 Å². The molecular weight excluding hydrogens is 400 g/mol. The second-order valence-electron chi connectivity index (χ2n) is 4.77. The molecule has 3 rings (SSSR count). The van der Waals surface area contributed by atoms with Crippen molar-refractivity contribution >= 4 is 55.8 Å². The highest BCUT2D eigenvalue weighted by Gasteiger charge is 2.16. The van der Waals surface area contributed by atoms with Crippen LogP contribution in [-0.4, -0.2) is 48.2 Å². The minimum atomic E-state index is -0.0648. The molecule has 0 saturated carbocycles. The predicted molar refractivity (Wildman–Crippen MR) is 96.4 cm³/mol. The number of nitrogens with zero attached hydrogens (tertiary/aromatic N) is 3. The first-order chi connectivity index (χ1) is 11.2. The zero-order valence-electron chi connectivity index (χ0n) is 12.2. The zero-order valence-corrected chi connectivity index (χ0v) is 15.4. The second kappa shape index (κ2) is 8.09. The Bertz CT molecular complexity index is 676. The van der Waals surface area contributed by atoms with Gasteiger partial charge in [0.25, 0.3) is 0 Å². The summed E-state index contributed by atoms with van der Waals surface area (Å²) in [6, 6.07) is 7.53. The van der Waals surface area contributed by atoms with Crippen molar-refractivity contribution < 1.29 is 9.53 Å². The van der Waals surface area contributed by atoms with Gasteiger partial charge >= 0.3 is 0 Å². The fourth-order valence-corrected chi connectivity index (χ4v) is 4.10. The summed E-state index contributed by atoms with van der Waals surface area (Å²) in [6.07, 6.45) is 0. The van der Waals surface area contributed by atoms with Crippen molar-refractivity contribution in [2.75, 3.05) is 42.3 Å². The monoisotopic (exact) mass is 414 g/mol. The van der Waals surface area contributed by atoms with E-state index in [0.717, 1.165) is 45.9 Å². The highest BCUT2D eigenvalue weighted by Crippen LogP contribution is 2.29. The average Bonchev–Trinajstić information content (AvgIpc) is 3.05.